The van der Waals surface area contributed by atoms with Crippen molar-refractivity contribution in [2.75, 3.05) is 6.61 Å². The van der Waals surface area contributed by atoms with E-state index in [1.807, 2.05) is 0 Å². The van der Waals surface area contributed by atoms with E-state index in [4.69, 9.17) is 10.5 Å². The molecule has 0 bridgehead atoms. The summed E-state index contributed by atoms with van der Waals surface area (Å²) in [4.78, 5) is 51.7. The number of carbonyl (C=O) groups is 4. The second-order valence-corrected chi connectivity index (χ2v) is 7.34. The standard InChI is InChI=1S/C19H17BrFN3O5/c1-2-29-18(28)19(9-15(22)25)17(27)23(16(26)14-4-3-7-24(14)19)10-11-5-6-12(20)8-13(11)21/h3-8H,2,9-10H2,1H3,(H2,22,25). The number of esters is 1. The lowest BCUT2D eigenvalue weighted by Gasteiger charge is -2.40. The molecule has 0 saturated carbocycles. The number of halogens is 2. The molecule has 152 valence electrons. The first-order valence-electron chi connectivity index (χ1n) is 8.66. The van der Waals surface area contributed by atoms with Crippen molar-refractivity contribution in [2.45, 2.75) is 25.4 Å². The molecule has 10 heteroatoms. The van der Waals surface area contributed by atoms with Gasteiger partial charge in [0.25, 0.3) is 11.8 Å². The number of aromatic nitrogens is 1. The highest BCUT2D eigenvalue weighted by Gasteiger charge is 2.57. The van der Waals surface area contributed by atoms with E-state index in [9.17, 15) is 23.6 Å². The Morgan fingerprint density at radius 3 is 2.62 bits per heavy atom. The maximum absolute atomic E-state index is 14.3. The van der Waals surface area contributed by atoms with Crippen molar-refractivity contribution in [3.8, 4) is 0 Å². The molecule has 1 aliphatic heterocycles. The van der Waals surface area contributed by atoms with Crippen molar-refractivity contribution in [3.63, 3.8) is 0 Å². The minimum Gasteiger partial charge on any atom is -0.464 e. The van der Waals surface area contributed by atoms with Crippen LogP contribution in [-0.2, 0) is 31.2 Å². The zero-order valence-corrected chi connectivity index (χ0v) is 16.9. The molecular formula is C19H17BrFN3O5. The molecule has 1 aromatic heterocycles. The fraction of sp³-hybridized carbons (Fsp3) is 0.263. The van der Waals surface area contributed by atoms with Crippen LogP contribution in [0.25, 0.3) is 0 Å². The molecule has 29 heavy (non-hydrogen) atoms. The van der Waals surface area contributed by atoms with Gasteiger partial charge in [-0.1, -0.05) is 22.0 Å². The SMILES string of the molecule is CCOC(=O)C1(CC(N)=O)C(=O)N(Cc2ccc(Br)cc2F)C(=O)c2cccn21. The molecule has 3 rings (SSSR count). The minimum atomic E-state index is -2.18. The third kappa shape index (κ3) is 3.44. The van der Waals surface area contributed by atoms with Crippen LogP contribution in [0.1, 0.15) is 29.4 Å². The molecule has 0 fully saturated rings. The Labute approximate surface area is 173 Å². The van der Waals surface area contributed by atoms with Gasteiger partial charge in [-0.3, -0.25) is 19.3 Å². The van der Waals surface area contributed by atoms with Crippen molar-refractivity contribution in [2.24, 2.45) is 5.73 Å². The first kappa shape index (κ1) is 20.7. The van der Waals surface area contributed by atoms with Gasteiger partial charge >= 0.3 is 5.97 Å². The van der Waals surface area contributed by atoms with Gasteiger partial charge in [0.2, 0.25) is 11.4 Å². The van der Waals surface area contributed by atoms with E-state index in [0.29, 0.717) is 4.47 Å². The number of amides is 3. The lowest BCUT2D eigenvalue weighted by Crippen LogP contribution is -2.63. The molecule has 0 aliphatic carbocycles. The molecule has 8 nitrogen and oxygen atoms in total. The number of hydrogen-bond acceptors (Lipinski definition) is 5. The summed E-state index contributed by atoms with van der Waals surface area (Å²) in [6.45, 7) is 1.06. The van der Waals surface area contributed by atoms with Gasteiger partial charge in [0, 0.05) is 16.2 Å². The molecule has 1 aromatic carbocycles. The second kappa shape index (κ2) is 7.78. The molecule has 0 saturated heterocycles. The first-order valence-corrected chi connectivity index (χ1v) is 9.45. The van der Waals surface area contributed by atoms with Crippen LogP contribution in [0, 0.1) is 5.82 Å². The van der Waals surface area contributed by atoms with Crippen LogP contribution in [0.4, 0.5) is 4.39 Å². The highest BCUT2D eigenvalue weighted by atomic mass is 79.9. The number of rotatable bonds is 6. The summed E-state index contributed by atoms with van der Waals surface area (Å²) in [5, 5.41) is 0. The maximum atomic E-state index is 14.3. The first-order chi connectivity index (χ1) is 13.7. The Bertz CT molecular complexity index is 1020. The summed E-state index contributed by atoms with van der Waals surface area (Å²) in [7, 11) is 0. The fourth-order valence-corrected chi connectivity index (χ4v) is 3.66. The van der Waals surface area contributed by atoms with Crippen molar-refractivity contribution >= 4 is 39.6 Å². The summed E-state index contributed by atoms with van der Waals surface area (Å²) in [5.74, 6) is -4.33. The molecule has 1 atom stereocenters. The van der Waals surface area contributed by atoms with Gasteiger partial charge in [-0.2, -0.15) is 0 Å². The fourth-order valence-electron chi connectivity index (χ4n) is 3.33. The third-order valence-corrected chi connectivity index (χ3v) is 5.10. The number of nitrogens with zero attached hydrogens (tertiary/aromatic N) is 2. The summed E-state index contributed by atoms with van der Waals surface area (Å²) in [5.41, 5.74) is 3.19. The van der Waals surface area contributed by atoms with Crippen molar-refractivity contribution in [1.82, 2.24) is 9.47 Å². The summed E-state index contributed by atoms with van der Waals surface area (Å²) in [6.07, 6.45) is 0.626. The number of ether oxygens (including phenoxy) is 1. The van der Waals surface area contributed by atoms with Crippen LogP contribution in [0.15, 0.2) is 41.0 Å². The van der Waals surface area contributed by atoms with E-state index >= 15 is 0 Å². The Balaban J connectivity index is 2.15. The predicted molar refractivity (Wildman–Crippen MR) is 102 cm³/mol. The number of hydrogen-bond donors (Lipinski definition) is 1. The number of benzene rings is 1. The maximum Gasteiger partial charge on any atom is 0.342 e. The molecule has 2 N–H and O–H groups in total. The van der Waals surface area contributed by atoms with Gasteiger partial charge < -0.3 is 15.0 Å². The van der Waals surface area contributed by atoms with Crippen LogP contribution < -0.4 is 5.73 Å². The van der Waals surface area contributed by atoms with Crippen LogP contribution in [0.3, 0.4) is 0 Å². The molecule has 1 aliphatic rings. The normalized spacial score (nSPS) is 18.5. The molecule has 3 amide bonds. The number of nitrogens with two attached hydrogens (primary N) is 1. The Hall–Kier alpha value is -3.01. The predicted octanol–water partition coefficient (Wildman–Crippen LogP) is 1.71. The zero-order valence-electron chi connectivity index (χ0n) is 15.4. The van der Waals surface area contributed by atoms with Gasteiger partial charge in [-0.15, -0.1) is 0 Å². The second-order valence-electron chi connectivity index (χ2n) is 6.42. The Morgan fingerprint density at radius 1 is 1.28 bits per heavy atom. The molecular weight excluding hydrogens is 449 g/mol. The van der Waals surface area contributed by atoms with E-state index in [1.54, 1.807) is 13.0 Å². The van der Waals surface area contributed by atoms with Crippen LogP contribution in [0.2, 0.25) is 0 Å². The monoisotopic (exact) mass is 465 g/mol. The number of carbonyl (C=O) groups excluding carboxylic acids is 4. The van der Waals surface area contributed by atoms with Crippen molar-refractivity contribution in [3.05, 3.63) is 58.1 Å². The highest BCUT2D eigenvalue weighted by molar-refractivity contribution is 9.10. The van der Waals surface area contributed by atoms with Crippen LogP contribution in [0.5, 0.6) is 0 Å². The highest BCUT2D eigenvalue weighted by Crippen LogP contribution is 2.34. The summed E-state index contributed by atoms with van der Waals surface area (Å²) >= 11 is 3.14. The Morgan fingerprint density at radius 2 is 2.00 bits per heavy atom. The topological polar surface area (TPSA) is 112 Å². The van der Waals surface area contributed by atoms with Gasteiger partial charge in [-0.25, -0.2) is 9.18 Å². The summed E-state index contributed by atoms with van der Waals surface area (Å²) < 4.78 is 21.0. The third-order valence-electron chi connectivity index (χ3n) is 4.61. The van der Waals surface area contributed by atoms with Crippen molar-refractivity contribution in [1.29, 1.82) is 0 Å². The van der Waals surface area contributed by atoms with E-state index in [-0.39, 0.29) is 17.9 Å². The van der Waals surface area contributed by atoms with Gasteiger partial charge in [0.15, 0.2) is 0 Å². The van der Waals surface area contributed by atoms with E-state index < -0.39 is 48.0 Å². The van der Waals surface area contributed by atoms with Crippen LogP contribution >= 0.6 is 15.9 Å². The van der Waals surface area contributed by atoms with Crippen LogP contribution in [-0.4, -0.2) is 39.8 Å². The molecule has 1 unspecified atom stereocenters. The quantitative estimate of drug-likeness (QED) is 0.396. The van der Waals surface area contributed by atoms with Crippen molar-refractivity contribution < 1.29 is 28.3 Å². The summed E-state index contributed by atoms with van der Waals surface area (Å²) in [6, 6.07) is 7.02. The van der Waals surface area contributed by atoms with Gasteiger partial charge in [0.1, 0.15) is 11.5 Å². The average molecular weight is 466 g/mol. The molecule has 2 aromatic rings. The number of primary amides is 1. The number of imide groups is 1. The number of fused-ring (bicyclic) bond motifs is 1. The van der Waals surface area contributed by atoms with E-state index in [2.05, 4.69) is 15.9 Å². The zero-order chi connectivity index (χ0) is 21.3. The van der Waals surface area contributed by atoms with Gasteiger partial charge in [-0.05, 0) is 31.2 Å². The lowest BCUT2D eigenvalue weighted by molar-refractivity contribution is -0.165. The Kier molecular flexibility index (Phi) is 5.56. The molecule has 0 spiro atoms. The van der Waals surface area contributed by atoms with Gasteiger partial charge in [0.05, 0.1) is 19.6 Å². The minimum absolute atomic E-state index is 0.0172. The average Bonchev–Trinajstić information content (AvgIpc) is 3.14. The molecule has 0 radical (unpaired) electrons. The lowest BCUT2D eigenvalue weighted by atomic mass is 9.89. The largest absolute Gasteiger partial charge is 0.464 e. The van der Waals surface area contributed by atoms with E-state index in [1.165, 1.54) is 30.5 Å². The molecule has 2 heterocycles. The smallest absolute Gasteiger partial charge is 0.342 e. The van der Waals surface area contributed by atoms with E-state index in [0.717, 1.165) is 9.47 Å².